The van der Waals surface area contributed by atoms with Gasteiger partial charge in [-0.25, -0.2) is 8.42 Å². The van der Waals surface area contributed by atoms with Gasteiger partial charge in [-0.05, 0) is 45.1 Å². The molecule has 1 atom stereocenters. The summed E-state index contributed by atoms with van der Waals surface area (Å²) in [6.07, 6.45) is 5.21. The molecule has 5 nitrogen and oxygen atoms in total. The van der Waals surface area contributed by atoms with Crippen molar-refractivity contribution in [3.8, 4) is 0 Å². The third kappa shape index (κ3) is 4.42. The van der Waals surface area contributed by atoms with E-state index in [-0.39, 0.29) is 23.5 Å². The van der Waals surface area contributed by atoms with E-state index in [2.05, 4.69) is 6.92 Å². The molecular formula is C15H28N2O3S. The summed E-state index contributed by atoms with van der Waals surface area (Å²) in [6.45, 7) is 2.59. The van der Waals surface area contributed by atoms with Crippen LogP contribution in [0.1, 0.15) is 39.0 Å². The predicted octanol–water partition coefficient (Wildman–Crippen LogP) is 1.14. The number of likely N-dealkylation sites (N-methyl/N-ethyl adjacent to an activating group) is 2. The van der Waals surface area contributed by atoms with Crippen molar-refractivity contribution in [1.82, 2.24) is 9.80 Å². The summed E-state index contributed by atoms with van der Waals surface area (Å²) in [4.78, 5) is 16.2. The molecule has 1 aliphatic carbocycles. The van der Waals surface area contributed by atoms with E-state index in [1.165, 1.54) is 12.8 Å². The molecule has 0 aromatic heterocycles. The molecule has 0 aromatic rings. The van der Waals surface area contributed by atoms with Gasteiger partial charge in [0, 0.05) is 19.1 Å². The van der Waals surface area contributed by atoms with Gasteiger partial charge in [0.1, 0.15) is 0 Å². The average molecular weight is 316 g/mol. The van der Waals surface area contributed by atoms with Crippen molar-refractivity contribution in [2.45, 2.75) is 51.1 Å². The molecule has 0 radical (unpaired) electrons. The number of nitrogens with zero attached hydrogens (tertiary/aromatic N) is 2. The topological polar surface area (TPSA) is 57.7 Å². The first-order chi connectivity index (χ1) is 9.78. The van der Waals surface area contributed by atoms with Crippen molar-refractivity contribution < 1.29 is 13.2 Å². The van der Waals surface area contributed by atoms with Crippen LogP contribution in [0, 0.1) is 5.92 Å². The highest BCUT2D eigenvalue weighted by Gasteiger charge is 2.32. The highest BCUT2D eigenvalue weighted by Crippen LogP contribution is 2.26. The molecule has 1 saturated heterocycles. The zero-order valence-electron chi connectivity index (χ0n) is 13.4. The van der Waals surface area contributed by atoms with Gasteiger partial charge in [0.2, 0.25) is 5.91 Å². The van der Waals surface area contributed by atoms with Gasteiger partial charge in [-0.3, -0.25) is 9.69 Å². The molecule has 21 heavy (non-hydrogen) atoms. The van der Waals surface area contributed by atoms with Crippen molar-refractivity contribution in [2.75, 3.05) is 32.1 Å². The third-order valence-corrected chi connectivity index (χ3v) is 6.89. The minimum atomic E-state index is -2.89. The van der Waals surface area contributed by atoms with E-state index in [1.807, 2.05) is 23.9 Å². The number of carbonyl (C=O) groups excluding carboxylic acids is 1. The SMILES string of the molecule is CC1CCC(N(C)C(=O)CN(C)C2CCS(=O)(=O)C2)CC1. The minimum absolute atomic E-state index is 0.00118. The summed E-state index contributed by atoms with van der Waals surface area (Å²) in [5.74, 6) is 1.34. The molecule has 0 spiro atoms. The highest BCUT2D eigenvalue weighted by molar-refractivity contribution is 7.91. The van der Waals surface area contributed by atoms with Gasteiger partial charge in [0.05, 0.1) is 18.1 Å². The van der Waals surface area contributed by atoms with Crippen LogP contribution in [0.3, 0.4) is 0 Å². The van der Waals surface area contributed by atoms with E-state index in [0.717, 1.165) is 18.8 Å². The van der Waals surface area contributed by atoms with E-state index < -0.39 is 9.84 Å². The Labute approximate surface area is 128 Å². The number of hydrogen-bond acceptors (Lipinski definition) is 4. The lowest BCUT2D eigenvalue weighted by Crippen LogP contribution is -2.46. The van der Waals surface area contributed by atoms with Crippen molar-refractivity contribution in [3.63, 3.8) is 0 Å². The Morgan fingerprint density at radius 3 is 2.19 bits per heavy atom. The molecule has 1 amide bonds. The first-order valence-electron chi connectivity index (χ1n) is 7.95. The summed E-state index contributed by atoms with van der Waals surface area (Å²) in [5, 5.41) is 0. The Balaban J connectivity index is 1.83. The van der Waals surface area contributed by atoms with Gasteiger partial charge >= 0.3 is 0 Å². The number of carbonyl (C=O) groups is 1. The average Bonchev–Trinajstić information content (AvgIpc) is 2.79. The fraction of sp³-hybridized carbons (Fsp3) is 0.933. The number of amides is 1. The largest absolute Gasteiger partial charge is 0.342 e. The van der Waals surface area contributed by atoms with Crippen molar-refractivity contribution in [2.24, 2.45) is 5.92 Å². The maximum Gasteiger partial charge on any atom is 0.236 e. The molecule has 6 heteroatoms. The second-order valence-electron chi connectivity index (χ2n) is 6.89. The Bertz CT molecular complexity index is 469. The summed E-state index contributed by atoms with van der Waals surface area (Å²) in [7, 11) is 0.863. The van der Waals surface area contributed by atoms with Crippen LogP contribution in [0.5, 0.6) is 0 Å². The standard InChI is InChI=1S/C15H28N2O3S/c1-12-4-6-13(7-5-12)17(3)15(18)10-16(2)14-8-9-21(19,20)11-14/h12-14H,4-11H2,1-3H3. The summed E-state index contributed by atoms with van der Waals surface area (Å²) in [5.41, 5.74) is 0. The fourth-order valence-electron chi connectivity index (χ4n) is 3.41. The van der Waals surface area contributed by atoms with Gasteiger partial charge in [0.15, 0.2) is 9.84 Å². The van der Waals surface area contributed by atoms with Crippen LogP contribution in [0.15, 0.2) is 0 Å². The quantitative estimate of drug-likeness (QED) is 0.780. The molecule has 122 valence electrons. The van der Waals surface area contributed by atoms with Gasteiger partial charge in [0.25, 0.3) is 0 Å². The van der Waals surface area contributed by atoms with Crippen LogP contribution in [0.2, 0.25) is 0 Å². The molecule has 0 aromatic carbocycles. The first kappa shape index (κ1) is 16.7. The Hall–Kier alpha value is -0.620. The Kier molecular flexibility index (Phi) is 5.30. The number of rotatable bonds is 4. The Morgan fingerprint density at radius 1 is 1.05 bits per heavy atom. The molecule has 1 saturated carbocycles. The van der Waals surface area contributed by atoms with Crippen LogP contribution in [0.25, 0.3) is 0 Å². The zero-order valence-corrected chi connectivity index (χ0v) is 14.2. The van der Waals surface area contributed by atoms with E-state index >= 15 is 0 Å². The molecule has 2 fully saturated rings. The Morgan fingerprint density at radius 2 is 1.67 bits per heavy atom. The second-order valence-corrected chi connectivity index (χ2v) is 9.12. The van der Waals surface area contributed by atoms with Crippen LogP contribution in [-0.4, -0.2) is 68.4 Å². The van der Waals surface area contributed by atoms with Gasteiger partial charge in [-0.1, -0.05) is 6.92 Å². The molecule has 1 heterocycles. The number of hydrogen-bond donors (Lipinski definition) is 0. The van der Waals surface area contributed by atoms with E-state index in [9.17, 15) is 13.2 Å². The lowest BCUT2D eigenvalue weighted by molar-refractivity contribution is -0.134. The second kappa shape index (κ2) is 6.65. The molecule has 2 aliphatic rings. The monoisotopic (exact) mass is 316 g/mol. The van der Waals surface area contributed by atoms with Crippen molar-refractivity contribution >= 4 is 15.7 Å². The molecule has 0 bridgehead atoms. The molecule has 1 aliphatic heterocycles. The maximum atomic E-state index is 12.4. The van der Waals surface area contributed by atoms with Crippen LogP contribution < -0.4 is 0 Å². The molecule has 0 N–H and O–H groups in total. The highest BCUT2D eigenvalue weighted by atomic mass is 32.2. The van der Waals surface area contributed by atoms with Crippen molar-refractivity contribution in [1.29, 1.82) is 0 Å². The third-order valence-electron chi connectivity index (χ3n) is 5.14. The summed E-state index contributed by atoms with van der Waals surface area (Å²) < 4.78 is 23.0. The minimum Gasteiger partial charge on any atom is -0.342 e. The predicted molar refractivity (Wildman–Crippen MR) is 83.9 cm³/mol. The fourth-order valence-corrected chi connectivity index (χ4v) is 5.22. The van der Waals surface area contributed by atoms with Crippen molar-refractivity contribution in [3.05, 3.63) is 0 Å². The van der Waals surface area contributed by atoms with Crippen LogP contribution >= 0.6 is 0 Å². The zero-order chi connectivity index (χ0) is 15.6. The van der Waals surface area contributed by atoms with Crippen LogP contribution in [-0.2, 0) is 14.6 Å². The summed E-state index contributed by atoms with van der Waals surface area (Å²) >= 11 is 0. The van der Waals surface area contributed by atoms with Gasteiger partial charge in [-0.15, -0.1) is 0 Å². The van der Waals surface area contributed by atoms with Gasteiger partial charge in [-0.2, -0.15) is 0 Å². The van der Waals surface area contributed by atoms with E-state index in [1.54, 1.807) is 0 Å². The van der Waals surface area contributed by atoms with Crippen LogP contribution in [0.4, 0.5) is 0 Å². The lowest BCUT2D eigenvalue weighted by Gasteiger charge is -2.35. The molecular weight excluding hydrogens is 288 g/mol. The van der Waals surface area contributed by atoms with Gasteiger partial charge < -0.3 is 4.90 Å². The normalized spacial score (nSPS) is 32.3. The first-order valence-corrected chi connectivity index (χ1v) is 9.77. The molecule has 2 rings (SSSR count). The maximum absolute atomic E-state index is 12.4. The molecule has 1 unspecified atom stereocenters. The number of sulfone groups is 1. The summed E-state index contributed by atoms with van der Waals surface area (Å²) in [6, 6.07) is 0.355. The lowest BCUT2D eigenvalue weighted by atomic mass is 9.87. The van der Waals surface area contributed by atoms with E-state index in [4.69, 9.17) is 0 Å². The smallest absolute Gasteiger partial charge is 0.236 e. The van der Waals surface area contributed by atoms with E-state index in [0.29, 0.717) is 19.0 Å².